The highest BCUT2D eigenvalue weighted by Gasteiger charge is 2.30. The smallest absolute Gasteiger partial charge is 0.319 e. The second-order valence-electron chi connectivity index (χ2n) is 9.51. The number of carbonyl (C=O) groups is 1. The molecule has 1 aliphatic rings. The molecule has 0 radical (unpaired) electrons. The van der Waals surface area contributed by atoms with Crippen molar-refractivity contribution in [2.45, 2.75) is 71.4 Å². The molecule has 1 aliphatic carbocycles. The van der Waals surface area contributed by atoms with Crippen LogP contribution in [0, 0.1) is 0 Å². The summed E-state index contributed by atoms with van der Waals surface area (Å²) >= 11 is 0. The van der Waals surface area contributed by atoms with Crippen molar-refractivity contribution < 1.29 is 4.79 Å². The number of nitrogens with one attached hydrogen (secondary N) is 1. The Morgan fingerprint density at radius 2 is 1.60 bits per heavy atom. The zero-order valence-corrected chi connectivity index (χ0v) is 22.1. The summed E-state index contributed by atoms with van der Waals surface area (Å²) in [5.74, 6) is 1.23. The van der Waals surface area contributed by atoms with E-state index < -0.39 is 0 Å². The Kier molecular flexibility index (Phi) is 8.96. The fourth-order valence-corrected chi connectivity index (χ4v) is 4.98. The molecule has 2 aromatic carbocycles. The first-order valence-electron chi connectivity index (χ1n) is 12.9. The van der Waals surface area contributed by atoms with Crippen LogP contribution in [0.15, 0.2) is 54.6 Å². The van der Waals surface area contributed by atoms with Crippen molar-refractivity contribution in [1.29, 1.82) is 0 Å². The van der Waals surface area contributed by atoms with Gasteiger partial charge in [0.25, 0.3) is 0 Å². The highest BCUT2D eigenvalue weighted by molar-refractivity contribution is 5.93. The normalized spacial score (nSPS) is 17.5. The van der Waals surface area contributed by atoms with Crippen molar-refractivity contribution in [3.05, 3.63) is 60.2 Å². The number of hydrogen-bond donors (Lipinski definition) is 2. The zero-order chi connectivity index (χ0) is 25.5. The lowest BCUT2D eigenvalue weighted by molar-refractivity contribution is 0.248. The summed E-state index contributed by atoms with van der Waals surface area (Å²) in [6, 6.07) is 18.6. The van der Waals surface area contributed by atoms with Crippen LogP contribution in [0.3, 0.4) is 0 Å². The predicted octanol–water partition coefficient (Wildman–Crippen LogP) is 6.76. The Labute approximate surface area is 210 Å². The van der Waals surface area contributed by atoms with Crippen molar-refractivity contribution in [3.63, 3.8) is 0 Å². The number of anilines is 3. The van der Waals surface area contributed by atoms with Gasteiger partial charge in [-0.15, -0.1) is 0 Å². The topological polar surface area (TPSA) is 74.5 Å². The van der Waals surface area contributed by atoms with Crippen molar-refractivity contribution in [1.82, 2.24) is 4.98 Å². The minimum Gasteiger partial charge on any atom is -0.377 e. The lowest BCUT2D eigenvalue weighted by Crippen LogP contribution is -2.47. The van der Waals surface area contributed by atoms with E-state index in [9.17, 15) is 4.79 Å². The SMILES string of the molecule is CC.CC(C)c1ccccc1N(C(N)=O)C1CCC(Nc2cc(N(C)C)c3ccccc3n2)CC1. The molecule has 0 atom stereocenters. The number of primary amides is 1. The summed E-state index contributed by atoms with van der Waals surface area (Å²) in [6.07, 6.45) is 3.73. The number of amides is 2. The van der Waals surface area contributed by atoms with Crippen molar-refractivity contribution in [2.24, 2.45) is 5.73 Å². The summed E-state index contributed by atoms with van der Waals surface area (Å²) in [5, 5.41) is 4.80. The van der Waals surface area contributed by atoms with Crippen LogP contribution in [0.25, 0.3) is 10.9 Å². The minimum atomic E-state index is -0.369. The quantitative estimate of drug-likeness (QED) is 0.413. The lowest BCUT2D eigenvalue weighted by atomic mass is 9.89. The number of nitrogens with zero attached hydrogens (tertiary/aromatic N) is 3. The van der Waals surface area contributed by atoms with E-state index >= 15 is 0 Å². The number of rotatable bonds is 6. The highest BCUT2D eigenvalue weighted by Crippen LogP contribution is 2.34. The van der Waals surface area contributed by atoms with Crippen LogP contribution in [0.5, 0.6) is 0 Å². The average molecular weight is 476 g/mol. The maximum absolute atomic E-state index is 12.5. The van der Waals surface area contributed by atoms with Gasteiger partial charge in [0.05, 0.1) is 5.52 Å². The Morgan fingerprint density at radius 1 is 0.971 bits per heavy atom. The van der Waals surface area contributed by atoms with Crippen molar-refractivity contribution >= 4 is 34.1 Å². The predicted molar refractivity (Wildman–Crippen MR) is 150 cm³/mol. The van der Waals surface area contributed by atoms with E-state index in [4.69, 9.17) is 10.7 Å². The third kappa shape index (κ3) is 6.05. The molecule has 0 unspecified atom stereocenters. The molecule has 1 aromatic heterocycles. The third-order valence-corrected chi connectivity index (χ3v) is 6.65. The molecule has 2 amide bonds. The molecule has 6 heteroatoms. The number of urea groups is 1. The van der Waals surface area contributed by atoms with Crippen LogP contribution >= 0.6 is 0 Å². The first kappa shape index (κ1) is 26.3. The van der Waals surface area contributed by atoms with Crippen molar-refractivity contribution in [3.8, 4) is 0 Å². The minimum absolute atomic E-state index is 0.113. The number of benzene rings is 2. The van der Waals surface area contributed by atoms with Gasteiger partial charge >= 0.3 is 6.03 Å². The molecule has 0 bridgehead atoms. The van der Waals surface area contributed by atoms with Gasteiger partial charge in [-0.05, 0) is 49.3 Å². The number of nitrogens with two attached hydrogens (primary N) is 1. The Hall–Kier alpha value is -3.28. The number of hydrogen-bond acceptors (Lipinski definition) is 4. The Morgan fingerprint density at radius 3 is 2.23 bits per heavy atom. The van der Waals surface area contributed by atoms with Crippen LogP contribution in [-0.4, -0.2) is 37.2 Å². The number of para-hydroxylation sites is 2. The summed E-state index contributed by atoms with van der Waals surface area (Å²) in [5.41, 5.74) is 10.1. The molecule has 0 aliphatic heterocycles. The number of pyridine rings is 1. The molecule has 1 fully saturated rings. The van der Waals surface area contributed by atoms with Crippen LogP contribution < -0.4 is 20.9 Å². The van der Waals surface area contributed by atoms with Gasteiger partial charge in [0, 0.05) is 49.0 Å². The molecule has 188 valence electrons. The maximum Gasteiger partial charge on any atom is 0.319 e. The molecule has 1 heterocycles. The summed E-state index contributed by atoms with van der Waals surface area (Å²) < 4.78 is 0. The maximum atomic E-state index is 12.5. The van der Waals surface area contributed by atoms with E-state index in [0.29, 0.717) is 12.0 Å². The monoisotopic (exact) mass is 475 g/mol. The van der Waals surface area contributed by atoms with E-state index in [2.05, 4.69) is 62.4 Å². The van der Waals surface area contributed by atoms with Crippen LogP contribution in [-0.2, 0) is 0 Å². The molecule has 0 saturated heterocycles. The largest absolute Gasteiger partial charge is 0.377 e. The molecular weight excluding hydrogens is 434 g/mol. The first-order chi connectivity index (χ1) is 16.8. The zero-order valence-electron chi connectivity index (χ0n) is 22.1. The second kappa shape index (κ2) is 11.9. The van der Waals surface area contributed by atoms with Gasteiger partial charge in [-0.1, -0.05) is 64.1 Å². The molecule has 4 rings (SSSR count). The van der Waals surface area contributed by atoms with E-state index in [1.54, 1.807) is 0 Å². The molecule has 3 N–H and O–H groups in total. The van der Waals surface area contributed by atoms with Gasteiger partial charge in [-0.2, -0.15) is 0 Å². The van der Waals surface area contributed by atoms with Crippen molar-refractivity contribution in [2.75, 3.05) is 29.2 Å². The van der Waals surface area contributed by atoms with Gasteiger partial charge in [-0.3, -0.25) is 4.90 Å². The highest BCUT2D eigenvalue weighted by atomic mass is 16.2. The van der Waals surface area contributed by atoms with Crippen LogP contribution in [0.2, 0.25) is 0 Å². The third-order valence-electron chi connectivity index (χ3n) is 6.65. The number of fused-ring (bicyclic) bond motifs is 1. The molecule has 0 spiro atoms. The van der Waals surface area contributed by atoms with Gasteiger partial charge in [0.2, 0.25) is 0 Å². The fraction of sp³-hybridized carbons (Fsp3) is 0.448. The van der Waals surface area contributed by atoms with Gasteiger partial charge < -0.3 is 16.0 Å². The molecule has 1 saturated carbocycles. The molecule has 6 nitrogen and oxygen atoms in total. The summed E-state index contributed by atoms with van der Waals surface area (Å²) in [6.45, 7) is 8.30. The Balaban J connectivity index is 0.00000167. The average Bonchev–Trinajstić information content (AvgIpc) is 2.86. The standard InChI is InChI=1S/C27H35N5O.C2H6/c1-18(2)21-9-6-8-12-24(21)32(27(28)33)20-15-13-19(14-16-20)29-26-17-25(31(3)4)22-10-5-7-11-23(22)30-26;1-2/h5-12,17-20H,13-16H2,1-4H3,(H2,28,33)(H,29,30);1-2H3. The van der Waals surface area contributed by atoms with Gasteiger partial charge in [-0.25, -0.2) is 9.78 Å². The van der Waals surface area contributed by atoms with Crippen LogP contribution in [0.4, 0.5) is 22.0 Å². The number of aromatic nitrogens is 1. The van der Waals surface area contributed by atoms with Gasteiger partial charge in [0.15, 0.2) is 0 Å². The van der Waals surface area contributed by atoms with E-state index in [1.165, 1.54) is 0 Å². The van der Waals surface area contributed by atoms with E-state index in [-0.39, 0.29) is 12.1 Å². The van der Waals surface area contributed by atoms with Gasteiger partial charge in [0.1, 0.15) is 5.82 Å². The van der Waals surface area contributed by atoms with E-state index in [1.807, 2.05) is 49.1 Å². The second-order valence-corrected chi connectivity index (χ2v) is 9.51. The summed E-state index contributed by atoms with van der Waals surface area (Å²) in [4.78, 5) is 21.3. The lowest BCUT2D eigenvalue weighted by Gasteiger charge is -2.37. The van der Waals surface area contributed by atoms with E-state index in [0.717, 1.165) is 59.3 Å². The molecular formula is C29H41N5O. The molecule has 35 heavy (non-hydrogen) atoms. The Bertz CT molecular complexity index is 1120. The first-order valence-corrected chi connectivity index (χ1v) is 12.9. The molecule has 3 aromatic rings. The number of carbonyl (C=O) groups excluding carboxylic acids is 1. The van der Waals surface area contributed by atoms with Crippen LogP contribution in [0.1, 0.15) is 64.9 Å². The fourth-order valence-electron chi connectivity index (χ4n) is 4.98. The summed E-state index contributed by atoms with van der Waals surface area (Å²) in [7, 11) is 4.12.